The lowest BCUT2D eigenvalue weighted by molar-refractivity contribution is -0.133. The summed E-state index contributed by atoms with van der Waals surface area (Å²) in [6, 6.07) is 16.6. The van der Waals surface area contributed by atoms with E-state index in [9.17, 15) is 4.79 Å². The molecule has 1 aromatic heterocycles. The van der Waals surface area contributed by atoms with Crippen LogP contribution in [0.1, 0.15) is 5.69 Å². The van der Waals surface area contributed by atoms with Gasteiger partial charge in [-0.2, -0.15) is 0 Å². The monoisotopic (exact) mass is 329 g/mol. The Hall–Kier alpha value is -2.17. The van der Waals surface area contributed by atoms with E-state index in [1.54, 1.807) is 24.3 Å². The normalized spacial score (nSPS) is 10.4. The molecule has 0 bridgehead atoms. The van der Waals surface area contributed by atoms with Crippen LogP contribution in [0.3, 0.4) is 0 Å². The van der Waals surface area contributed by atoms with Crippen molar-refractivity contribution < 1.29 is 9.53 Å². The number of carbonyl (C=O) groups excluding carboxylic acids is 1. The molecule has 0 saturated heterocycles. The second kappa shape index (κ2) is 6.73. The topological polar surface area (TPSA) is 39.2 Å². The molecule has 3 aromatic rings. The Labute approximate surface area is 137 Å². The van der Waals surface area contributed by atoms with Gasteiger partial charge in [0.15, 0.2) is 0 Å². The summed E-state index contributed by atoms with van der Waals surface area (Å²) in [6.07, 6.45) is 0.145. The number of benzene rings is 2. The highest BCUT2D eigenvalue weighted by Crippen LogP contribution is 2.23. The van der Waals surface area contributed by atoms with Crippen molar-refractivity contribution >= 4 is 28.9 Å². The van der Waals surface area contributed by atoms with Gasteiger partial charge in [0.2, 0.25) is 0 Å². The molecular weight excluding hydrogens is 318 g/mol. The number of hydrogen-bond donors (Lipinski definition) is 0. The van der Waals surface area contributed by atoms with Crippen LogP contribution in [0.15, 0.2) is 60.0 Å². The minimum absolute atomic E-state index is 0.145. The van der Waals surface area contributed by atoms with Gasteiger partial charge in [0.05, 0.1) is 12.1 Å². The number of aromatic nitrogens is 1. The van der Waals surface area contributed by atoms with Crippen LogP contribution < -0.4 is 4.74 Å². The molecule has 0 radical (unpaired) electrons. The van der Waals surface area contributed by atoms with Gasteiger partial charge in [-0.25, -0.2) is 4.98 Å². The molecule has 5 heteroatoms. The van der Waals surface area contributed by atoms with Gasteiger partial charge < -0.3 is 4.74 Å². The maximum Gasteiger partial charge on any atom is 0.317 e. The Bertz CT molecular complexity index is 769. The molecular formula is C17H12ClNO2S. The highest BCUT2D eigenvalue weighted by Gasteiger charge is 2.11. The lowest BCUT2D eigenvalue weighted by Crippen LogP contribution is -2.11. The number of nitrogens with zero attached hydrogens (tertiary/aromatic N) is 1. The van der Waals surface area contributed by atoms with Gasteiger partial charge >= 0.3 is 5.97 Å². The largest absolute Gasteiger partial charge is 0.426 e. The van der Waals surface area contributed by atoms with E-state index < -0.39 is 0 Å². The van der Waals surface area contributed by atoms with E-state index in [1.807, 2.05) is 35.7 Å². The number of ether oxygens (including phenoxy) is 1. The molecule has 0 unspecified atom stereocenters. The highest BCUT2D eigenvalue weighted by molar-refractivity contribution is 7.13. The average molecular weight is 330 g/mol. The first-order chi connectivity index (χ1) is 10.7. The SMILES string of the molecule is O=C(Cc1csc(-c2ccccc2)n1)Oc1ccc(Cl)cc1. The Morgan fingerprint density at radius 1 is 1.09 bits per heavy atom. The standard InChI is InChI=1S/C17H12ClNO2S/c18-13-6-8-15(9-7-13)21-16(20)10-14-11-22-17(19-14)12-4-2-1-3-5-12/h1-9,11H,10H2. The van der Waals surface area contributed by atoms with E-state index in [0.717, 1.165) is 10.6 Å². The van der Waals surface area contributed by atoms with Crippen LogP contribution in [-0.2, 0) is 11.2 Å². The molecule has 0 atom stereocenters. The molecule has 3 nitrogen and oxygen atoms in total. The van der Waals surface area contributed by atoms with Crippen molar-refractivity contribution in [1.29, 1.82) is 0 Å². The predicted octanol–water partition coefficient (Wildman–Crippen LogP) is 4.61. The Morgan fingerprint density at radius 3 is 2.55 bits per heavy atom. The molecule has 0 N–H and O–H groups in total. The Balaban J connectivity index is 1.65. The summed E-state index contributed by atoms with van der Waals surface area (Å²) < 4.78 is 5.26. The fourth-order valence-electron chi connectivity index (χ4n) is 1.92. The van der Waals surface area contributed by atoms with Crippen molar-refractivity contribution in [2.45, 2.75) is 6.42 Å². The third-order valence-electron chi connectivity index (χ3n) is 2.94. The summed E-state index contributed by atoms with van der Waals surface area (Å²) in [5, 5.41) is 3.38. The van der Waals surface area contributed by atoms with Crippen LogP contribution >= 0.6 is 22.9 Å². The number of hydrogen-bond acceptors (Lipinski definition) is 4. The van der Waals surface area contributed by atoms with Crippen LogP contribution in [0.4, 0.5) is 0 Å². The van der Waals surface area contributed by atoms with Crippen molar-refractivity contribution in [3.63, 3.8) is 0 Å². The zero-order valence-corrected chi connectivity index (χ0v) is 13.1. The van der Waals surface area contributed by atoms with Crippen molar-refractivity contribution in [2.75, 3.05) is 0 Å². The number of thiazole rings is 1. The van der Waals surface area contributed by atoms with Gasteiger partial charge in [0.1, 0.15) is 10.8 Å². The quantitative estimate of drug-likeness (QED) is 0.518. The molecule has 0 aliphatic heterocycles. The molecule has 22 heavy (non-hydrogen) atoms. The lowest BCUT2D eigenvalue weighted by Gasteiger charge is -2.02. The van der Waals surface area contributed by atoms with Crippen molar-refractivity contribution in [1.82, 2.24) is 4.98 Å². The fraction of sp³-hybridized carbons (Fsp3) is 0.0588. The summed E-state index contributed by atoms with van der Waals surface area (Å²) in [5.74, 6) is 0.139. The zero-order valence-electron chi connectivity index (χ0n) is 11.5. The minimum atomic E-state index is -0.341. The molecule has 2 aromatic carbocycles. The third-order valence-corrected chi connectivity index (χ3v) is 4.14. The minimum Gasteiger partial charge on any atom is -0.426 e. The number of carbonyl (C=O) groups is 1. The smallest absolute Gasteiger partial charge is 0.317 e. The van der Waals surface area contributed by atoms with Gasteiger partial charge in [0.25, 0.3) is 0 Å². The second-order valence-corrected chi connectivity index (χ2v) is 5.91. The summed E-state index contributed by atoms with van der Waals surface area (Å²) in [4.78, 5) is 16.4. The molecule has 3 rings (SSSR count). The maximum atomic E-state index is 11.9. The van der Waals surface area contributed by atoms with Gasteiger partial charge in [-0.05, 0) is 24.3 Å². The molecule has 0 spiro atoms. The van der Waals surface area contributed by atoms with Crippen LogP contribution in [0.5, 0.6) is 5.75 Å². The molecule has 1 heterocycles. The van der Waals surface area contributed by atoms with Crippen molar-refractivity contribution in [3.8, 4) is 16.3 Å². The summed E-state index contributed by atoms with van der Waals surface area (Å²) in [7, 11) is 0. The Kier molecular flexibility index (Phi) is 4.51. The van der Waals surface area contributed by atoms with Crippen molar-refractivity contribution in [3.05, 3.63) is 70.7 Å². The number of rotatable bonds is 4. The van der Waals surface area contributed by atoms with Crippen LogP contribution in [0, 0.1) is 0 Å². The fourth-order valence-corrected chi connectivity index (χ4v) is 2.87. The molecule has 0 amide bonds. The molecule has 110 valence electrons. The highest BCUT2D eigenvalue weighted by atomic mass is 35.5. The Morgan fingerprint density at radius 2 is 1.82 bits per heavy atom. The molecule has 0 fully saturated rings. The zero-order chi connectivity index (χ0) is 15.4. The third kappa shape index (κ3) is 3.72. The van der Waals surface area contributed by atoms with Gasteiger partial charge in [-0.15, -0.1) is 11.3 Å². The first kappa shape index (κ1) is 14.8. The predicted molar refractivity (Wildman–Crippen MR) is 88.3 cm³/mol. The van der Waals surface area contributed by atoms with Gasteiger partial charge in [0, 0.05) is 16.0 Å². The summed E-state index contributed by atoms with van der Waals surface area (Å²) in [6.45, 7) is 0. The van der Waals surface area contributed by atoms with Gasteiger partial charge in [-0.3, -0.25) is 4.79 Å². The molecule has 0 aliphatic carbocycles. The van der Waals surface area contributed by atoms with Crippen LogP contribution in [0.25, 0.3) is 10.6 Å². The number of esters is 1. The van der Waals surface area contributed by atoms with E-state index in [4.69, 9.17) is 16.3 Å². The summed E-state index contributed by atoms with van der Waals surface area (Å²) >= 11 is 7.31. The average Bonchev–Trinajstić information content (AvgIpc) is 2.99. The molecule has 0 saturated carbocycles. The van der Waals surface area contributed by atoms with Crippen LogP contribution in [0.2, 0.25) is 5.02 Å². The lowest BCUT2D eigenvalue weighted by atomic mass is 10.2. The van der Waals surface area contributed by atoms with Crippen LogP contribution in [-0.4, -0.2) is 11.0 Å². The van der Waals surface area contributed by atoms with E-state index >= 15 is 0 Å². The van der Waals surface area contributed by atoms with E-state index in [-0.39, 0.29) is 12.4 Å². The maximum absolute atomic E-state index is 11.9. The first-order valence-corrected chi connectivity index (χ1v) is 7.92. The van der Waals surface area contributed by atoms with Gasteiger partial charge in [-0.1, -0.05) is 41.9 Å². The molecule has 0 aliphatic rings. The van der Waals surface area contributed by atoms with Crippen molar-refractivity contribution in [2.24, 2.45) is 0 Å². The second-order valence-electron chi connectivity index (χ2n) is 4.61. The van der Waals surface area contributed by atoms with E-state index in [2.05, 4.69) is 4.98 Å². The van der Waals surface area contributed by atoms with E-state index in [0.29, 0.717) is 16.5 Å². The summed E-state index contributed by atoms with van der Waals surface area (Å²) in [5.41, 5.74) is 1.76. The van der Waals surface area contributed by atoms with E-state index in [1.165, 1.54) is 11.3 Å². The first-order valence-electron chi connectivity index (χ1n) is 6.67. The number of halogens is 1.